The summed E-state index contributed by atoms with van der Waals surface area (Å²) in [4.78, 5) is 26.8. The van der Waals surface area contributed by atoms with Crippen LogP contribution in [0.25, 0.3) is 0 Å². The highest BCUT2D eigenvalue weighted by atomic mass is 32.2. The molecule has 3 aromatic rings. The molecule has 0 radical (unpaired) electrons. The Labute approximate surface area is 209 Å². The van der Waals surface area contributed by atoms with Crippen LogP contribution in [0.5, 0.6) is 5.75 Å². The molecule has 36 heavy (non-hydrogen) atoms. The van der Waals surface area contributed by atoms with Crippen LogP contribution in [0.1, 0.15) is 29.8 Å². The van der Waals surface area contributed by atoms with Gasteiger partial charge in [0.25, 0.3) is 0 Å². The number of carbonyl (C=O) groups excluding carboxylic acids is 1. The number of nitrogens with one attached hydrogen (secondary N) is 1. The third-order valence-corrected chi connectivity index (χ3v) is 8.43. The average Bonchev–Trinajstić information content (AvgIpc) is 3.56. The Morgan fingerprint density at radius 3 is 2.72 bits per heavy atom. The van der Waals surface area contributed by atoms with Gasteiger partial charge in [0, 0.05) is 43.3 Å². The fourth-order valence-corrected chi connectivity index (χ4v) is 6.18. The Hall–Kier alpha value is -3.35. The summed E-state index contributed by atoms with van der Waals surface area (Å²) in [6, 6.07) is 9.21. The van der Waals surface area contributed by atoms with E-state index in [0.29, 0.717) is 43.9 Å². The predicted octanol–water partition coefficient (Wildman–Crippen LogP) is 1.02. The van der Waals surface area contributed by atoms with Gasteiger partial charge in [0.15, 0.2) is 0 Å². The number of fused-ring (bicyclic) bond motifs is 2. The highest BCUT2D eigenvalue weighted by Crippen LogP contribution is 2.43. The summed E-state index contributed by atoms with van der Waals surface area (Å²) in [5.41, 5.74) is 7.37. The first-order chi connectivity index (χ1) is 17.4. The second-order valence-electron chi connectivity index (χ2n) is 9.19. The lowest BCUT2D eigenvalue weighted by atomic mass is 9.77. The Morgan fingerprint density at radius 2 is 2.03 bits per heavy atom. The average molecular weight is 512 g/mol. The number of amides is 1. The number of nitrogens with two attached hydrogens (primary N) is 1. The number of benzene rings is 1. The van der Waals surface area contributed by atoms with Crippen LogP contribution in [-0.2, 0) is 33.1 Å². The molecular weight excluding hydrogens is 482 g/mol. The SMILES string of the molecule is COc1ccc(N2Cc3cnc(S(=O)(=O)CCCN)nc3C3(CCN(Cc4cc[nH]n4)C3)C2=O)cc1. The molecule has 1 amide bonds. The molecule has 12 heteroatoms. The lowest BCUT2D eigenvalue weighted by Crippen LogP contribution is -2.53. The highest BCUT2D eigenvalue weighted by Gasteiger charge is 2.53. The second-order valence-corrected chi connectivity index (χ2v) is 11.2. The van der Waals surface area contributed by atoms with Crippen LogP contribution in [0, 0.1) is 0 Å². The minimum absolute atomic E-state index is 0.103. The van der Waals surface area contributed by atoms with Crippen LogP contribution in [-0.4, -0.2) is 71.9 Å². The van der Waals surface area contributed by atoms with E-state index in [1.54, 1.807) is 24.4 Å². The first-order valence-electron chi connectivity index (χ1n) is 11.8. The van der Waals surface area contributed by atoms with Crippen molar-refractivity contribution in [3.63, 3.8) is 0 Å². The van der Waals surface area contributed by atoms with E-state index < -0.39 is 15.3 Å². The zero-order chi connectivity index (χ0) is 25.3. The van der Waals surface area contributed by atoms with Crippen molar-refractivity contribution in [1.29, 1.82) is 0 Å². The van der Waals surface area contributed by atoms with Crippen molar-refractivity contribution >= 4 is 21.4 Å². The number of ether oxygens (including phenoxy) is 1. The molecule has 1 aromatic carbocycles. The Balaban J connectivity index is 1.56. The molecule has 190 valence electrons. The third-order valence-electron chi connectivity index (χ3n) is 6.85. The van der Waals surface area contributed by atoms with Crippen LogP contribution in [0.3, 0.4) is 0 Å². The summed E-state index contributed by atoms with van der Waals surface area (Å²) in [6.07, 6.45) is 4.14. The van der Waals surface area contributed by atoms with E-state index in [-0.39, 0.29) is 29.9 Å². The topological polar surface area (TPSA) is 147 Å². The van der Waals surface area contributed by atoms with Gasteiger partial charge in [-0.1, -0.05) is 0 Å². The maximum atomic E-state index is 14.2. The van der Waals surface area contributed by atoms with E-state index in [9.17, 15) is 13.2 Å². The normalized spacial score (nSPS) is 20.2. The molecule has 2 aliphatic heterocycles. The summed E-state index contributed by atoms with van der Waals surface area (Å²) in [5, 5.41) is 6.82. The predicted molar refractivity (Wildman–Crippen MR) is 132 cm³/mol. The van der Waals surface area contributed by atoms with E-state index >= 15 is 0 Å². The minimum Gasteiger partial charge on any atom is -0.497 e. The van der Waals surface area contributed by atoms with Crippen molar-refractivity contribution in [3.8, 4) is 5.75 Å². The Bertz CT molecular complexity index is 1350. The fraction of sp³-hybridized carbons (Fsp3) is 0.417. The van der Waals surface area contributed by atoms with Crippen LogP contribution in [0.2, 0.25) is 0 Å². The standard InChI is InChI=1S/C24H29N7O4S/c1-35-20-5-3-19(4-6-20)31-14-17-13-26-23(36(33,34)12-2-9-25)28-21(17)24(22(31)32)8-11-30(16-24)15-18-7-10-27-29-18/h3-7,10,13H,2,8-9,11-12,14-16,25H2,1H3,(H,27,29). The molecular formula is C24H29N7O4S. The van der Waals surface area contributed by atoms with Crippen molar-refractivity contribution in [2.75, 3.05) is 37.4 Å². The summed E-state index contributed by atoms with van der Waals surface area (Å²) in [6.45, 7) is 2.13. The van der Waals surface area contributed by atoms with E-state index in [4.69, 9.17) is 10.5 Å². The largest absolute Gasteiger partial charge is 0.497 e. The van der Waals surface area contributed by atoms with Crippen molar-refractivity contribution < 1.29 is 17.9 Å². The molecule has 1 spiro atoms. The molecule has 1 fully saturated rings. The number of hydrogen-bond acceptors (Lipinski definition) is 9. The molecule has 0 saturated carbocycles. The van der Waals surface area contributed by atoms with Crippen LogP contribution >= 0.6 is 0 Å². The molecule has 11 nitrogen and oxygen atoms in total. The second kappa shape index (κ2) is 9.60. The summed E-state index contributed by atoms with van der Waals surface area (Å²) in [5.74, 6) is 0.459. The molecule has 5 rings (SSSR count). The molecule has 2 aliphatic rings. The molecule has 2 aromatic heterocycles. The van der Waals surface area contributed by atoms with Crippen LogP contribution < -0.4 is 15.4 Å². The van der Waals surface area contributed by atoms with Gasteiger partial charge in [0.1, 0.15) is 11.2 Å². The molecule has 1 unspecified atom stereocenters. The number of sulfone groups is 1. The van der Waals surface area contributed by atoms with Gasteiger partial charge in [-0.15, -0.1) is 0 Å². The van der Waals surface area contributed by atoms with Crippen molar-refractivity contribution in [3.05, 3.63) is 59.7 Å². The number of methoxy groups -OCH3 is 1. The lowest BCUT2D eigenvalue weighted by Gasteiger charge is -2.40. The monoisotopic (exact) mass is 511 g/mol. The lowest BCUT2D eigenvalue weighted by molar-refractivity contribution is -0.124. The molecule has 3 N–H and O–H groups in total. The molecule has 1 saturated heterocycles. The van der Waals surface area contributed by atoms with Gasteiger partial charge >= 0.3 is 0 Å². The van der Waals surface area contributed by atoms with Crippen molar-refractivity contribution in [2.45, 2.75) is 36.5 Å². The summed E-state index contributed by atoms with van der Waals surface area (Å²) < 4.78 is 31.0. The number of aromatic nitrogens is 4. The highest BCUT2D eigenvalue weighted by molar-refractivity contribution is 7.91. The Morgan fingerprint density at radius 1 is 1.22 bits per heavy atom. The first kappa shape index (κ1) is 24.3. The van der Waals surface area contributed by atoms with Gasteiger partial charge in [-0.3, -0.25) is 14.8 Å². The van der Waals surface area contributed by atoms with E-state index in [2.05, 4.69) is 25.1 Å². The maximum Gasteiger partial charge on any atom is 0.247 e. The number of nitrogens with zero attached hydrogens (tertiary/aromatic N) is 5. The number of aromatic amines is 1. The van der Waals surface area contributed by atoms with E-state index in [0.717, 1.165) is 16.9 Å². The Kier molecular flexibility index (Phi) is 6.49. The van der Waals surface area contributed by atoms with Crippen molar-refractivity contribution in [2.24, 2.45) is 5.73 Å². The van der Waals surface area contributed by atoms with Gasteiger partial charge in [-0.2, -0.15) is 5.10 Å². The fourth-order valence-electron chi connectivity index (χ4n) is 5.01. The van der Waals surface area contributed by atoms with E-state index in [1.807, 2.05) is 30.3 Å². The zero-order valence-corrected chi connectivity index (χ0v) is 20.9. The van der Waals surface area contributed by atoms with Crippen molar-refractivity contribution in [1.82, 2.24) is 25.1 Å². The number of anilines is 1. The van der Waals surface area contributed by atoms with Gasteiger partial charge in [0.05, 0.1) is 30.8 Å². The number of carbonyl (C=O) groups is 1. The smallest absolute Gasteiger partial charge is 0.247 e. The molecule has 0 bridgehead atoms. The maximum absolute atomic E-state index is 14.2. The van der Waals surface area contributed by atoms with Gasteiger partial charge in [-0.25, -0.2) is 18.4 Å². The third kappa shape index (κ3) is 4.36. The molecule has 0 aliphatic carbocycles. The summed E-state index contributed by atoms with van der Waals surface area (Å²) in [7, 11) is -2.12. The molecule has 1 atom stereocenters. The van der Waals surface area contributed by atoms with Gasteiger partial charge < -0.3 is 15.4 Å². The number of hydrogen-bond donors (Lipinski definition) is 2. The minimum atomic E-state index is -3.72. The molecule has 4 heterocycles. The van der Waals surface area contributed by atoms with E-state index in [1.165, 1.54) is 0 Å². The zero-order valence-electron chi connectivity index (χ0n) is 20.1. The summed E-state index contributed by atoms with van der Waals surface area (Å²) >= 11 is 0. The number of likely N-dealkylation sites (tertiary alicyclic amines) is 1. The quantitative estimate of drug-likeness (QED) is 0.423. The van der Waals surface area contributed by atoms with Crippen LogP contribution in [0.4, 0.5) is 5.69 Å². The van der Waals surface area contributed by atoms with Gasteiger partial charge in [-0.05, 0) is 49.7 Å². The number of H-pyrrole nitrogens is 1. The van der Waals surface area contributed by atoms with Gasteiger partial charge in [0.2, 0.25) is 20.9 Å². The van der Waals surface area contributed by atoms with Crippen LogP contribution in [0.15, 0.2) is 47.9 Å². The first-order valence-corrected chi connectivity index (χ1v) is 13.5. The number of rotatable bonds is 8.